The first-order valence-electron chi connectivity index (χ1n) is 8.90. The molecule has 2 amide bonds. The van der Waals surface area contributed by atoms with Crippen LogP contribution in [0.25, 0.3) is 0 Å². The summed E-state index contributed by atoms with van der Waals surface area (Å²) in [6.07, 6.45) is 1.96. The van der Waals surface area contributed by atoms with Gasteiger partial charge in [0.2, 0.25) is 0 Å². The summed E-state index contributed by atoms with van der Waals surface area (Å²) in [4.78, 5) is 17.3. The minimum atomic E-state index is 0.0600. The average Bonchev–Trinajstić information content (AvgIpc) is 2.63. The van der Waals surface area contributed by atoms with Crippen molar-refractivity contribution in [3.05, 3.63) is 65.7 Å². The molecule has 26 heavy (non-hydrogen) atoms. The Hall–Kier alpha value is -1.98. The van der Waals surface area contributed by atoms with Crippen molar-refractivity contribution >= 4 is 18.0 Å². The second-order valence-corrected chi connectivity index (χ2v) is 8.08. The van der Waals surface area contributed by atoms with Gasteiger partial charge in [-0.2, -0.15) is 0 Å². The molecule has 0 atom stereocenters. The Morgan fingerprint density at radius 3 is 2.12 bits per heavy atom. The molecule has 2 rings (SSSR count). The number of benzene rings is 2. The van der Waals surface area contributed by atoms with E-state index in [0.29, 0.717) is 6.54 Å². The Kier molecular flexibility index (Phi) is 8.01. The Balaban J connectivity index is 1.78. The fraction of sp³-hybridized carbons (Fsp3) is 0.381. The smallest absolute Gasteiger partial charge is 0.319 e. The minimum absolute atomic E-state index is 0.0600. The van der Waals surface area contributed by atoms with Crippen LogP contribution in [0.3, 0.4) is 0 Å². The van der Waals surface area contributed by atoms with Crippen molar-refractivity contribution in [3.8, 4) is 0 Å². The summed E-state index contributed by atoms with van der Waals surface area (Å²) in [5.41, 5.74) is 2.46. The molecule has 0 radical (unpaired) electrons. The van der Waals surface area contributed by atoms with Gasteiger partial charge in [-0.15, -0.1) is 0 Å². The summed E-state index contributed by atoms with van der Waals surface area (Å²) in [6.45, 7) is 1.38. The lowest BCUT2D eigenvalue weighted by Crippen LogP contribution is -2.38. The fourth-order valence-corrected chi connectivity index (χ4v) is 3.44. The molecule has 0 unspecified atom stereocenters. The van der Waals surface area contributed by atoms with Crippen LogP contribution in [0.1, 0.15) is 17.5 Å². The lowest BCUT2D eigenvalue weighted by molar-refractivity contribution is 0.170. The molecule has 0 aliphatic rings. The van der Waals surface area contributed by atoms with E-state index in [1.54, 1.807) is 21.7 Å². The first kappa shape index (κ1) is 20.3. The molecule has 0 saturated carbocycles. The Morgan fingerprint density at radius 2 is 1.50 bits per heavy atom. The largest absolute Gasteiger partial charge is 0.328 e. The number of carbonyl (C=O) groups excluding carboxylic acids is 1. The maximum Gasteiger partial charge on any atom is 0.319 e. The molecular weight excluding hydrogens is 342 g/mol. The summed E-state index contributed by atoms with van der Waals surface area (Å²) >= 11 is 1.69. The zero-order chi connectivity index (χ0) is 18.9. The Labute approximate surface area is 161 Å². The third kappa shape index (κ3) is 6.73. The Bertz CT molecular complexity index is 673. The summed E-state index contributed by atoms with van der Waals surface area (Å²) in [6, 6.07) is 18.8. The molecule has 5 heteroatoms. The van der Waals surface area contributed by atoms with Crippen LogP contribution in [0, 0.1) is 0 Å². The van der Waals surface area contributed by atoms with E-state index in [1.807, 2.05) is 34.3 Å². The van der Waals surface area contributed by atoms with Gasteiger partial charge < -0.3 is 9.80 Å². The van der Waals surface area contributed by atoms with E-state index in [4.69, 9.17) is 0 Å². The van der Waals surface area contributed by atoms with Crippen molar-refractivity contribution in [3.63, 3.8) is 0 Å². The standard InChI is InChI=1S/C21H29N3OS/c1-22(2)26-20-14-12-19(13-15-20)17-24(4)21(25)23(3)16-8-11-18-9-6-5-7-10-18/h5-7,9-10,12-15H,8,11,16-17H2,1-4H3. The van der Waals surface area contributed by atoms with Gasteiger partial charge in [-0.05, 0) is 62.1 Å². The summed E-state index contributed by atoms with van der Waals surface area (Å²) < 4.78 is 2.06. The van der Waals surface area contributed by atoms with Crippen LogP contribution < -0.4 is 0 Å². The van der Waals surface area contributed by atoms with Gasteiger partial charge in [0, 0.05) is 32.1 Å². The van der Waals surface area contributed by atoms with Crippen molar-refractivity contribution in [1.29, 1.82) is 0 Å². The Morgan fingerprint density at radius 1 is 0.846 bits per heavy atom. The highest BCUT2D eigenvalue weighted by molar-refractivity contribution is 7.97. The molecule has 0 fully saturated rings. The molecule has 0 aromatic heterocycles. The highest BCUT2D eigenvalue weighted by atomic mass is 32.2. The lowest BCUT2D eigenvalue weighted by Gasteiger charge is -2.25. The number of hydrogen-bond acceptors (Lipinski definition) is 3. The van der Waals surface area contributed by atoms with Crippen LogP contribution >= 0.6 is 11.9 Å². The van der Waals surface area contributed by atoms with Crippen LogP contribution in [-0.2, 0) is 13.0 Å². The van der Waals surface area contributed by atoms with Crippen LogP contribution in [0.5, 0.6) is 0 Å². The van der Waals surface area contributed by atoms with Gasteiger partial charge in [0.15, 0.2) is 0 Å². The highest BCUT2D eigenvalue weighted by Crippen LogP contribution is 2.20. The van der Waals surface area contributed by atoms with Crippen molar-refractivity contribution in [2.45, 2.75) is 24.3 Å². The number of rotatable bonds is 8. The second kappa shape index (κ2) is 10.2. The van der Waals surface area contributed by atoms with Crippen LogP contribution in [0.2, 0.25) is 0 Å². The molecule has 0 heterocycles. The molecule has 140 valence electrons. The van der Waals surface area contributed by atoms with Crippen molar-refractivity contribution in [2.24, 2.45) is 0 Å². The third-order valence-electron chi connectivity index (χ3n) is 4.09. The molecule has 0 bridgehead atoms. The first-order valence-corrected chi connectivity index (χ1v) is 9.67. The SMILES string of the molecule is CN(C)Sc1ccc(CN(C)C(=O)N(C)CCCc2ccccc2)cc1. The van der Waals surface area contributed by atoms with Crippen molar-refractivity contribution in [2.75, 3.05) is 34.7 Å². The van der Waals surface area contributed by atoms with Gasteiger partial charge in [0.1, 0.15) is 0 Å². The quantitative estimate of drug-likeness (QED) is 0.645. The topological polar surface area (TPSA) is 26.8 Å². The first-order chi connectivity index (χ1) is 12.5. The number of aryl methyl sites for hydroxylation is 1. The predicted molar refractivity (Wildman–Crippen MR) is 110 cm³/mol. The second-order valence-electron chi connectivity index (χ2n) is 6.70. The van der Waals surface area contributed by atoms with E-state index < -0.39 is 0 Å². The number of carbonyl (C=O) groups is 1. The highest BCUT2D eigenvalue weighted by Gasteiger charge is 2.14. The third-order valence-corrected chi connectivity index (χ3v) is 4.93. The van der Waals surface area contributed by atoms with Gasteiger partial charge in [0.05, 0.1) is 0 Å². The molecule has 0 N–H and O–H groups in total. The van der Waals surface area contributed by atoms with Crippen LogP contribution in [-0.4, -0.2) is 54.9 Å². The van der Waals surface area contributed by atoms with Gasteiger partial charge in [-0.25, -0.2) is 4.79 Å². The van der Waals surface area contributed by atoms with Crippen LogP contribution in [0.4, 0.5) is 4.79 Å². The molecule has 2 aromatic carbocycles. The average molecular weight is 372 g/mol. The molecule has 0 saturated heterocycles. The normalized spacial score (nSPS) is 10.8. The molecular formula is C21H29N3OS. The minimum Gasteiger partial charge on any atom is -0.328 e. The van der Waals surface area contributed by atoms with E-state index in [-0.39, 0.29) is 6.03 Å². The zero-order valence-electron chi connectivity index (χ0n) is 16.2. The number of urea groups is 1. The van der Waals surface area contributed by atoms with Gasteiger partial charge in [0.25, 0.3) is 0 Å². The monoisotopic (exact) mass is 371 g/mol. The molecule has 0 aliphatic heterocycles. The van der Waals surface area contributed by atoms with Crippen molar-refractivity contribution in [1.82, 2.24) is 14.1 Å². The zero-order valence-corrected chi connectivity index (χ0v) is 17.0. The van der Waals surface area contributed by atoms with Crippen molar-refractivity contribution < 1.29 is 4.79 Å². The summed E-state index contributed by atoms with van der Waals surface area (Å²) in [5.74, 6) is 0. The number of nitrogens with zero attached hydrogens (tertiary/aromatic N) is 3. The van der Waals surface area contributed by atoms with Gasteiger partial charge in [-0.3, -0.25) is 4.31 Å². The number of amides is 2. The van der Waals surface area contributed by atoms with Gasteiger partial charge >= 0.3 is 6.03 Å². The summed E-state index contributed by atoms with van der Waals surface area (Å²) in [5, 5.41) is 0. The molecule has 2 aromatic rings. The fourth-order valence-electron chi connectivity index (χ4n) is 2.76. The summed E-state index contributed by atoms with van der Waals surface area (Å²) in [7, 11) is 7.79. The van der Waals surface area contributed by atoms with E-state index in [2.05, 4.69) is 52.8 Å². The van der Waals surface area contributed by atoms with Gasteiger partial charge in [-0.1, -0.05) is 42.5 Å². The van der Waals surface area contributed by atoms with E-state index >= 15 is 0 Å². The van der Waals surface area contributed by atoms with E-state index in [0.717, 1.165) is 24.9 Å². The maximum atomic E-state index is 12.5. The van der Waals surface area contributed by atoms with E-state index in [9.17, 15) is 4.79 Å². The molecule has 4 nitrogen and oxygen atoms in total. The van der Waals surface area contributed by atoms with Crippen LogP contribution in [0.15, 0.2) is 59.5 Å². The molecule has 0 aliphatic carbocycles. The lowest BCUT2D eigenvalue weighted by atomic mass is 10.1. The van der Waals surface area contributed by atoms with E-state index in [1.165, 1.54) is 10.5 Å². The predicted octanol–water partition coefficient (Wildman–Crippen LogP) is 4.37. The molecule has 0 spiro atoms. The number of hydrogen-bond donors (Lipinski definition) is 0. The maximum absolute atomic E-state index is 12.5.